The second kappa shape index (κ2) is 5.48. The lowest BCUT2D eigenvalue weighted by molar-refractivity contribution is 0.475. The fourth-order valence-corrected chi connectivity index (χ4v) is 2.65. The van der Waals surface area contributed by atoms with E-state index in [4.69, 9.17) is 21.9 Å². The summed E-state index contributed by atoms with van der Waals surface area (Å²) in [6.07, 6.45) is 0. The van der Waals surface area contributed by atoms with Crippen molar-refractivity contribution in [2.45, 2.75) is 13.0 Å². The summed E-state index contributed by atoms with van der Waals surface area (Å²) < 4.78 is 19.1. The Bertz CT molecular complexity index is 800. The van der Waals surface area contributed by atoms with E-state index >= 15 is 0 Å². The molecule has 0 aliphatic heterocycles. The highest BCUT2D eigenvalue weighted by Gasteiger charge is 2.19. The molecule has 1 heterocycles. The zero-order valence-electron chi connectivity index (χ0n) is 11.4. The number of fused-ring (bicyclic) bond motifs is 1. The average molecular weight is 305 g/mol. The topological polar surface area (TPSA) is 51.2 Å². The van der Waals surface area contributed by atoms with Gasteiger partial charge in [0.2, 0.25) is 0 Å². The van der Waals surface area contributed by atoms with Gasteiger partial charge in [0.15, 0.2) is 0 Å². The number of hydrazine groups is 1. The SMILES string of the molecule is Cc1cc(F)ccc1C(NN)c1cc2cc(Cl)ccc2o1. The molecule has 21 heavy (non-hydrogen) atoms. The van der Waals surface area contributed by atoms with Gasteiger partial charge in [-0.3, -0.25) is 5.84 Å². The van der Waals surface area contributed by atoms with Crippen LogP contribution in [0, 0.1) is 12.7 Å². The van der Waals surface area contributed by atoms with Crippen molar-refractivity contribution in [2.75, 3.05) is 0 Å². The van der Waals surface area contributed by atoms with Gasteiger partial charge in [-0.05, 0) is 54.4 Å². The van der Waals surface area contributed by atoms with Gasteiger partial charge < -0.3 is 4.42 Å². The van der Waals surface area contributed by atoms with Crippen LogP contribution in [-0.2, 0) is 0 Å². The molecule has 3 nitrogen and oxygen atoms in total. The molecule has 0 fully saturated rings. The highest BCUT2D eigenvalue weighted by Crippen LogP contribution is 2.30. The van der Waals surface area contributed by atoms with Gasteiger partial charge in [0.05, 0.1) is 0 Å². The molecule has 3 N–H and O–H groups in total. The highest BCUT2D eigenvalue weighted by molar-refractivity contribution is 6.31. The molecule has 1 unspecified atom stereocenters. The third-order valence-corrected chi connectivity index (χ3v) is 3.73. The molecule has 0 radical (unpaired) electrons. The van der Waals surface area contributed by atoms with Crippen molar-refractivity contribution in [1.82, 2.24) is 5.43 Å². The number of hydrogen-bond acceptors (Lipinski definition) is 3. The molecule has 0 aliphatic rings. The van der Waals surface area contributed by atoms with Crippen LogP contribution in [0.15, 0.2) is 46.9 Å². The molecule has 1 aromatic heterocycles. The predicted octanol–water partition coefficient (Wildman–Crippen LogP) is 4.09. The Labute approximate surface area is 126 Å². The number of rotatable bonds is 3. The lowest BCUT2D eigenvalue weighted by atomic mass is 9.99. The fraction of sp³-hybridized carbons (Fsp3) is 0.125. The number of nitrogens with two attached hydrogens (primary N) is 1. The summed E-state index contributed by atoms with van der Waals surface area (Å²) in [4.78, 5) is 0. The molecule has 0 bridgehead atoms. The van der Waals surface area contributed by atoms with Crippen LogP contribution in [0.5, 0.6) is 0 Å². The summed E-state index contributed by atoms with van der Waals surface area (Å²) in [6, 6.07) is 11.5. The molecule has 0 spiro atoms. The maximum atomic E-state index is 13.2. The van der Waals surface area contributed by atoms with Crippen molar-refractivity contribution in [1.29, 1.82) is 0 Å². The smallest absolute Gasteiger partial charge is 0.134 e. The van der Waals surface area contributed by atoms with Crippen molar-refractivity contribution in [3.63, 3.8) is 0 Å². The minimum atomic E-state index is -0.350. The monoisotopic (exact) mass is 304 g/mol. The van der Waals surface area contributed by atoms with E-state index in [9.17, 15) is 4.39 Å². The Kier molecular flexibility index (Phi) is 3.68. The first-order valence-electron chi connectivity index (χ1n) is 6.49. The Balaban J connectivity index is 2.09. The quantitative estimate of drug-likeness (QED) is 0.566. The zero-order chi connectivity index (χ0) is 15.0. The van der Waals surface area contributed by atoms with Crippen LogP contribution in [-0.4, -0.2) is 0 Å². The van der Waals surface area contributed by atoms with E-state index in [0.717, 1.165) is 22.1 Å². The highest BCUT2D eigenvalue weighted by atomic mass is 35.5. The zero-order valence-corrected chi connectivity index (χ0v) is 12.1. The lowest BCUT2D eigenvalue weighted by Crippen LogP contribution is -2.29. The molecular weight excluding hydrogens is 291 g/mol. The number of benzene rings is 2. The van der Waals surface area contributed by atoms with Gasteiger partial charge in [-0.15, -0.1) is 0 Å². The normalized spacial score (nSPS) is 12.8. The first kappa shape index (κ1) is 14.1. The van der Waals surface area contributed by atoms with E-state index in [0.29, 0.717) is 10.8 Å². The fourth-order valence-electron chi connectivity index (χ4n) is 2.47. The van der Waals surface area contributed by atoms with Crippen LogP contribution >= 0.6 is 11.6 Å². The molecule has 0 saturated carbocycles. The van der Waals surface area contributed by atoms with Gasteiger partial charge in [-0.25, -0.2) is 9.82 Å². The summed E-state index contributed by atoms with van der Waals surface area (Å²) in [7, 11) is 0. The largest absolute Gasteiger partial charge is 0.459 e. The van der Waals surface area contributed by atoms with E-state index in [2.05, 4.69) is 5.43 Å². The van der Waals surface area contributed by atoms with Crippen LogP contribution < -0.4 is 11.3 Å². The summed E-state index contributed by atoms with van der Waals surface area (Å²) >= 11 is 5.98. The molecule has 0 aliphatic carbocycles. The maximum absolute atomic E-state index is 13.2. The van der Waals surface area contributed by atoms with E-state index in [1.165, 1.54) is 12.1 Å². The van der Waals surface area contributed by atoms with Crippen molar-refractivity contribution in [3.05, 3.63) is 70.2 Å². The summed E-state index contributed by atoms with van der Waals surface area (Å²) in [5.41, 5.74) is 5.12. The van der Waals surface area contributed by atoms with Gasteiger partial charge in [0.1, 0.15) is 23.2 Å². The molecule has 1 atom stereocenters. The minimum Gasteiger partial charge on any atom is -0.459 e. The summed E-state index contributed by atoms with van der Waals surface area (Å²) in [5.74, 6) is 6.05. The standard InChI is InChI=1S/C16H14ClFN2O/c1-9-6-12(18)3-4-13(9)16(20-19)15-8-10-7-11(17)2-5-14(10)21-15/h2-8,16,20H,19H2,1H3. The molecule has 5 heteroatoms. The van der Waals surface area contributed by atoms with E-state index in [1.807, 2.05) is 25.1 Å². The van der Waals surface area contributed by atoms with E-state index in [-0.39, 0.29) is 11.9 Å². The number of aryl methyl sites for hydroxylation is 1. The van der Waals surface area contributed by atoms with Gasteiger partial charge in [0, 0.05) is 10.4 Å². The van der Waals surface area contributed by atoms with Crippen LogP contribution in [0.25, 0.3) is 11.0 Å². The van der Waals surface area contributed by atoms with E-state index < -0.39 is 0 Å². The van der Waals surface area contributed by atoms with Gasteiger partial charge in [-0.2, -0.15) is 0 Å². The lowest BCUT2D eigenvalue weighted by Gasteiger charge is -2.16. The van der Waals surface area contributed by atoms with Crippen molar-refractivity contribution in [3.8, 4) is 0 Å². The third-order valence-electron chi connectivity index (χ3n) is 3.49. The molecule has 3 rings (SSSR count). The van der Waals surface area contributed by atoms with Crippen molar-refractivity contribution >= 4 is 22.6 Å². The number of furan rings is 1. The molecular formula is C16H14ClFN2O. The van der Waals surface area contributed by atoms with Crippen molar-refractivity contribution in [2.24, 2.45) is 5.84 Å². The Hall–Kier alpha value is -1.88. The summed E-state index contributed by atoms with van der Waals surface area (Å²) in [5, 5.41) is 1.54. The van der Waals surface area contributed by atoms with Crippen LogP contribution in [0.3, 0.4) is 0 Å². The second-order valence-corrected chi connectivity index (χ2v) is 5.37. The molecule has 3 aromatic rings. The van der Waals surface area contributed by atoms with E-state index in [1.54, 1.807) is 12.1 Å². The third kappa shape index (κ3) is 2.65. The number of nitrogens with one attached hydrogen (secondary N) is 1. The Morgan fingerprint density at radius 2 is 2.00 bits per heavy atom. The molecule has 0 saturated heterocycles. The maximum Gasteiger partial charge on any atom is 0.134 e. The van der Waals surface area contributed by atoms with Crippen LogP contribution in [0.2, 0.25) is 5.02 Å². The Morgan fingerprint density at radius 3 is 2.71 bits per heavy atom. The summed E-state index contributed by atoms with van der Waals surface area (Å²) in [6.45, 7) is 1.84. The van der Waals surface area contributed by atoms with Crippen LogP contribution in [0.1, 0.15) is 22.9 Å². The molecule has 2 aromatic carbocycles. The van der Waals surface area contributed by atoms with Crippen molar-refractivity contribution < 1.29 is 8.81 Å². The van der Waals surface area contributed by atoms with Gasteiger partial charge in [0.25, 0.3) is 0 Å². The second-order valence-electron chi connectivity index (χ2n) is 4.93. The molecule has 0 amide bonds. The number of hydrogen-bond donors (Lipinski definition) is 2. The average Bonchev–Trinajstić information content (AvgIpc) is 2.84. The minimum absolute atomic E-state index is 0.275. The van der Waals surface area contributed by atoms with Gasteiger partial charge >= 0.3 is 0 Å². The first-order chi connectivity index (χ1) is 10.1. The number of halogens is 2. The Morgan fingerprint density at radius 1 is 1.19 bits per heavy atom. The van der Waals surface area contributed by atoms with Crippen LogP contribution in [0.4, 0.5) is 4.39 Å². The van der Waals surface area contributed by atoms with Gasteiger partial charge in [-0.1, -0.05) is 17.7 Å². The first-order valence-corrected chi connectivity index (χ1v) is 6.87. The molecule has 108 valence electrons. The predicted molar refractivity (Wildman–Crippen MR) is 81.5 cm³/mol.